The fourth-order valence-electron chi connectivity index (χ4n) is 2.51. The first-order chi connectivity index (χ1) is 9.01. The van der Waals surface area contributed by atoms with Gasteiger partial charge < -0.3 is 15.7 Å². The van der Waals surface area contributed by atoms with Crippen molar-refractivity contribution in [2.75, 3.05) is 20.1 Å². The van der Waals surface area contributed by atoms with Crippen LogP contribution in [0.4, 0.5) is 0 Å². The number of hydrogen-bond acceptors (Lipinski definition) is 4. The number of piperidine rings is 1. The molecule has 0 radical (unpaired) electrons. The fourth-order valence-corrected chi connectivity index (χ4v) is 2.51. The van der Waals surface area contributed by atoms with Crippen LogP contribution in [0.3, 0.4) is 0 Å². The van der Waals surface area contributed by atoms with E-state index >= 15 is 0 Å². The van der Waals surface area contributed by atoms with Crippen LogP contribution in [0.1, 0.15) is 29.6 Å². The number of rotatable bonds is 4. The summed E-state index contributed by atoms with van der Waals surface area (Å²) in [6.45, 7) is 1.65. The number of benzene rings is 1. The largest absolute Gasteiger partial charge is 0.388 e. The van der Waals surface area contributed by atoms with E-state index in [-0.39, 0.29) is 12.2 Å². The number of hydrogen-bond donors (Lipinski definition) is 2. The molecule has 104 valence electrons. The van der Waals surface area contributed by atoms with Crippen molar-refractivity contribution in [1.29, 1.82) is 0 Å². The Labute approximate surface area is 114 Å². The van der Waals surface area contributed by atoms with Crippen molar-refractivity contribution >= 4 is 5.78 Å². The van der Waals surface area contributed by atoms with Gasteiger partial charge in [-0.2, -0.15) is 0 Å². The Bertz CT molecular complexity index is 425. The molecule has 1 aliphatic rings. The van der Waals surface area contributed by atoms with Gasteiger partial charge in [-0.1, -0.05) is 30.3 Å². The van der Waals surface area contributed by atoms with Crippen LogP contribution in [0.2, 0.25) is 0 Å². The van der Waals surface area contributed by atoms with Crippen LogP contribution in [0.15, 0.2) is 30.3 Å². The molecule has 1 unspecified atom stereocenters. The minimum atomic E-state index is -0.906. The molecule has 1 heterocycles. The van der Waals surface area contributed by atoms with E-state index in [4.69, 9.17) is 5.73 Å². The molecule has 0 spiro atoms. The van der Waals surface area contributed by atoms with E-state index in [0.717, 1.165) is 13.1 Å². The van der Waals surface area contributed by atoms with E-state index in [0.29, 0.717) is 18.4 Å². The highest BCUT2D eigenvalue weighted by Crippen LogP contribution is 2.26. The number of carbonyl (C=O) groups is 1. The third-order valence-corrected chi connectivity index (χ3v) is 4.04. The summed E-state index contributed by atoms with van der Waals surface area (Å²) in [5, 5.41) is 10.5. The molecule has 1 aromatic carbocycles. The average Bonchev–Trinajstić information content (AvgIpc) is 2.43. The lowest BCUT2D eigenvalue weighted by Crippen LogP contribution is -2.54. The molecule has 4 heteroatoms. The van der Waals surface area contributed by atoms with Crippen molar-refractivity contribution < 1.29 is 9.90 Å². The van der Waals surface area contributed by atoms with Crippen molar-refractivity contribution in [1.82, 2.24) is 4.90 Å². The van der Waals surface area contributed by atoms with Crippen molar-refractivity contribution in [2.45, 2.75) is 30.9 Å². The van der Waals surface area contributed by atoms with Gasteiger partial charge in [0.1, 0.15) is 0 Å². The molecule has 0 saturated carbocycles. The molecule has 0 amide bonds. The SMILES string of the molecule is CN1CCC(O)(C(N)CC(=O)c2ccccc2)CC1. The number of likely N-dealkylation sites (tertiary alicyclic amines) is 1. The highest BCUT2D eigenvalue weighted by Gasteiger charge is 2.37. The maximum absolute atomic E-state index is 12.1. The summed E-state index contributed by atoms with van der Waals surface area (Å²) >= 11 is 0. The number of ketones is 1. The first kappa shape index (κ1) is 14.2. The molecule has 0 aromatic heterocycles. The lowest BCUT2D eigenvalue weighted by Gasteiger charge is -2.40. The zero-order valence-electron chi connectivity index (χ0n) is 11.4. The Balaban J connectivity index is 1.97. The van der Waals surface area contributed by atoms with E-state index in [2.05, 4.69) is 4.90 Å². The zero-order valence-corrected chi connectivity index (χ0v) is 11.4. The first-order valence-corrected chi connectivity index (χ1v) is 6.76. The Morgan fingerprint density at radius 1 is 1.37 bits per heavy atom. The average molecular weight is 262 g/mol. The van der Waals surface area contributed by atoms with Crippen LogP contribution in [0.5, 0.6) is 0 Å². The van der Waals surface area contributed by atoms with Gasteiger partial charge in [-0.05, 0) is 19.9 Å². The van der Waals surface area contributed by atoms with E-state index < -0.39 is 11.6 Å². The summed E-state index contributed by atoms with van der Waals surface area (Å²) < 4.78 is 0. The van der Waals surface area contributed by atoms with Gasteiger partial charge in [0.25, 0.3) is 0 Å². The lowest BCUT2D eigenvalue weighted by atomic mass is 9.82. The van der Waals surface area contributed by atoms with Crippen LogP contribution in [-0.2, 0) is 0 Å². The van der Waals surface area contributed by atoms with Gasteiger partial charge in [-0.15, -0.1) is 0 Å². The fraction of sp³-hybridized carbons (Fsp3) is 0.533. The van der Waals surface area contributed by atoms with Crippen molar-refractivity contribution in [3.63, 3.8) is 0 Å². The minimum Gasteiger partial charge on any atom is -0.388 e. The highest BCUT2D eigenvalue weighted by atomic mass is 16.3. The molecule has 4 nitrogen and oxygen atoms in total. The Hall–Kier alpha value is -1.23. The van der Waals surface area contributed by atoms with Gasteiger partial charge in [0.05, 0.1) is 5.60 Å². The van der Waals surface area contributed by atoms with Crippen molar-refractivity contribution in [2.24, 2.45) is 5.73 Å². The van der Waals surface area contributed by atoms with Crippen molar-refractivity contribution in [3.8, 4) is 0 Å². The van der Waals surface area contributed by atoms with Crippen LogP contribution in [-0.4, -0.2) is 47.6 Å². The van der Waals surface area contributed by atoms with E-state index in [1.165, 1.54) is 0 Å². The molecule has 2 rings (SSSR count). The van der Waals surface area contributed by atoms with Gasteiger partial charge in [0.2, 0.25) is 0 Å². The molecule has 1 fully saturated rings. The van der Waals surface area contributed by atoms with Crippen LogP contribution in [0.25, 0.3) is 0 Å². The number of nitrogens with zero attached hydrogens (tertiary/aromatic N) is 1. The van der Waals surface area contributed by atoms with E-state index in [1.54, 1.807) is 12.1 Å². The highest BCUT2D eigenvalue weighted by molar-refractivity contribution is 5.96. The summed E-state index contributed by atoms with van der Waals surface area (Å²) in [6.07, 6.45) is 1.46. The first-order valence-electron chi connectivity index (χ1n) is 6.76. The second-order valence-electron chi connectivity index (χ2n) is 5.51. The second-order valence-corrected chi connectivity index (χ2v) is 5.51. The topological polar surface area (TPSA) is 66.6 Å². The van der Waals surface area contributed by atoms with Gasteiger partial charge in [0, 0.05) is 31.1 Å². The summed E-state index contributed by atoms with van der Waals surface area (Å²) in [4.78, 5) is 14.3. The summed E-state index contributed by atoms with van der Waals surface area (Å²) in [6, 6.07) is 8.63. The quantitative estimate of drug-likeness (QED) is 0.796. The zero-order chi connectivity index (χ0) is 13.9. The monoisotopic (exact) mass is 262 g/mol. The van der Waals surface area contributed by atoms with Crippen LogP contribution < -0.4 is 5.73 Å². The molecule has 19 heavy (non-hydrogen) atoms. The third-order valence-electron chi connectivity index (χ3n) is 4.04. The Morgan fingerprint density at radius 3 is 2.53 bits per heavy atom. The van der Waals surface area contributed by atoms with Gasteiger partial charge in [0.15, 0.2) is 5.78 Å². The van der Waals surface area contributed by atoms with Crippen LogP contribution >= 0.6 is 0 Å². The molecule has 3 N–H and O–H groups in total. The molecule has 1 saturated heterocycles. The molecule has 1 aliphatic heterocycles. The molecular formula is C15H22N2O2. The van der Waals surface area contributed by atoms with E-state index in [1.807, 2.05) is 25.2 Å². The van der Waals surface area contributed by atoms with Gasteiger partial charge >= 0.3 is 0 Å². The molecule has 1 atom stereocenters. The standard InChI is InChI=1S/C15H22N2O2/c1-17-9-7-15(19,8-10-17)14(16)11-13(18)12-5-3-2-4-6-12/h2-6,14,19H,7-11,16H2,1H3. The maximum Gasteiger partial charge on any atom is 0.164 e. The normalized spacial score (nSPS) is 21.0. The number of nitrogens with two attached hydrogens (primary N) is 1. The Kier molecular flexibility index (Phi) is 4.34. The molecule has 1 aromatic rings. The number of aliphatic hydroxyl groups is 1. The summed E-state index contributed by atoms with van der Waals surface area (Å²) in [7, 11) is 2.03. The number of carbonyl (C=O) groups excluding carboxylic acids is 1. The lowest BCUT2D eigenvalue weighted by molar-refractivity contribution is -0.0364. The van der Waals surface area contributed by atoms with Gasteiger partial charge in [-0.25, -0.2) is 0 Å². The van der Waals surface area contributed by atoms with Gasteiger partial charge in [-0.3, -0.25) is 4.79 Å². The molecular weight excluding hydrogens is 240 g/mol. The second kappa shape index (κ2) is 5.82. The molecule has 0 aliphatic carbocycles. The molecule has 0 bridgehead atoms. The smallest absolute Gasteiger partial charge is 0.164 e. The minimum absolute atomic E-state index is 0.000420. The van der Waals surface area contributed by atoms with E-state index in [9.17, 15) is 9.90 Å². The number of Topliss-reactive ketones (excluding diaryl/α,β-unsaturated/α-hetero) is 1. The summed E-state index contributed by atoms with van der Waals surface area (Å²) in [5.41, 5.74) is 5.83. The van der Waals surface area contributed by atoms with Crippen molar-refractivity contribution in [3.05, 3.63) is 35.9 Å². The maximum atomic E-state index is 12.1. The van der Waals surface area contributed by atoms with Crippen LogP contribution in [0, 0.1) is 0 Å². The predicted octanol–water partition coefficient (Wildman–Crippen LogP) is 1.04. The predicted molar refractivity (Wildman–Crippen MR) is 75.0 cm³/mol. The summed E-state index contributed by atoms with van der Waals surface area (Å²) in [5.74, 6) is 0.000420. The third kappa shape index (κ3) is 3.41. The Morgan fingerprint density at radius 2 is 1.95 bits per heavy atom.